The quantitative estimate of drug-likeness (QED) is 0.0298. The van der Waals surface area contributed by atoms with E-state index in [2.05, 4.69) is 52.4 Å². The zero-order valence-electron chi connectivity index (χ0n) is 48.6. The Balaban J connectivity index is 3.68. The van der Waals surface area contributed by atoms with Gasteiger partial charge in [-0.25, -0.2) is 9.36 Å². The van der Waals surface area contributed by atoms with Crippen LogP contribution in [0, 0.1) is 17.8 Å². The fourth-order valence-electron chi connectivity index (χ4n) is 7.94. The first-order chi connectivity index (χ1) is 39.9. The van der Waals surface area contributed by atoms with Crippen molar-refractivity contribution in [1.29, 1.82) is 0 Å². The van der Waals surface area contributed by atoms with Crippen LogP contribution < -0.4 is 53.6 Å². The van der Waals surface area contributed by atoms with E-state index in [0.717, 1.165) is 6.92 Å². The van der Waals surface area contributed by atoms with Crippen molar-refractivity contribution >= 4 is 90.8 Å². The number of benzene rings is 1. The average molecular weight is 1250 g/mol. The number of phosphoric ester groups is 1. The molecule has 0 aliphatic carbocycles. The number of amides is 9. The molecule has 0 unspecified atom stereocenters. The van der Waals surface area contributed by atoms with Crippen molar-refractivity contribution in [3.63, 3.8) is 0 Å². The highest BCUT2D eigenvalue weighted by Gasteiger charge is 2.38. The zero-order chi connectivity index (χ0) is 65.8. The smallest absolute Gasteiger partial charge is 0.469 e. The molecule has 0 aliphatic heterocycles. The molecule has 1 rings (SSSR count). The summed E-state index contributed by atoms with van der Waals surface area (Å²) in [4.78, 5) is 201. The molecule has 0 heterocycles. The van der Waals surface area contributed by atoms with E-state index in [1.807, 2.05) is 0 Å². The molecule has 0 radical (unpaired) electrons. The monoisotopic (exact) mass is 1240 g/mol. The molecule has 9 amide bonds. The summed E-state index contributed by atoms with van der Waals surface area (Å²) in [7, 11) is -5.29. The van der Waals surface area contributed by atoms with Crippen LogP contribution in [0.15, 0.2) is 30.3 Å². The SMILES string of the molecule is CC[C@H](C)[C@H](NC(=O)[C@H](CCC(=O)O)NC(=O)[C@H](Cc1ccccc1)NC(=O)[C@H](CC(=O)O)NC(=O)[C@H](CCC(=O)O)NC(=O)[C@H](C)NC(=O)[C@@H](N)CCC(=O)O)C(=O)N[C@@H](CC(C)C)C(=O)N[C@@H](COP(=O)(O)O)C(=O)N[C@@H](CC(C)C)C(=O)O. The molecule has 1 aromatic carbocycles. The first kappa shape index (κ1) is 75.9. The number of nitrogens with two attached hydrogens (primary N) is 1. The second-order valence-electron chi connectivity index (χ2n) is 21.1. The van der Waals surface area contributed by atoms with Crippen molar-refractivity contribution < 1.29 is 112 Å². The number of phosphoric acid groups is 1. The lowest BCUT2D eigenvalue weighted by Crippen LogP contribution is -2.62. The van der Waals surface area contributed by atoms with Crippen LogP contribution in [0.4, 0.5) is 0 Å². The van der Waals surface area contributed by atoms with Crippen LogP contribution in [0.5, 0.6) is 0 Å². The van der Waals surface area contributed by atoms with Gasteiger partial charge in [-0.3, -0.25) is 66.9 Å². The molecule has 0 saturated carbocycles. The Morgan fingerprint density at radius 3 is 1.37 bits per heavy atom. The van der Waals surface area contributed by atoms with Gasteiger partial charge in [0.05, 0.1) is 19.1 Å². The van der Waals surface area contributed by atoms with Crippen LogP contribution in [0.1, 0.15) is 118 Å². The zero-order valence-corrected chi connectivity index (χ0v) is 49.5. The fraction of sp³-hybridized carbons (Fsp3) is 0.615. The summed E-state index contributed by atoms with van der Waals surface area (Å²) in [5, 5.41) is 68.2. The Labute approximate surface area is 494 Å². The maximum atomic E-state index is 14.4. The number of carbonyl (C=O) groups excluding carboxylic acids is 9. The summed E-state index contributed by atoms with van der Waals surface area (Å²) < 4.78 is 16.2. The molecule has 86 heavy (non-hydrogen) atoms. The number of carboxylic acid groups (broad SMARTS) is 5. The molecule has 0 bridgehead atoms. The summed E-state index contributed by atoms with van der Waals surface area (Å²) in [6.07, 6.45) is -5.38. The summed E-state index contributed by atoms with van der Waals surface area (Å²) in [6.45, 7) is 9.70. The van der Waals surface area contributed by atoms with Crippen molar-refractivity contribution in [1.82, 2.24) is 47.9 Å². The first-order valence-electron chi connectivity index (χ1n) is 27.3. The van der Waals surface area contributed by atoms with E-state index in [1.54, 1.807) is 52.8 Å². The van der Waals surface area contributed by atoms with Gasteiger partial charge in [-0.15, -0.1) is 0 Å². The molecule has 0 saturated heterocycles. The van der Waals surface area contributed by atoms with E-state index in [4.69, 9.17) is 10.8 Å². The van der Waals surface area contributed by atoms with Gasteiger partial charge in [-0.2, -0.15) is 0 Å². The van der Waals surface area contributed by atoms with Crippen LogP contribution in [0.25, 0.3) is 0 Å². The lowest BCUT2D eigenvalue weighted by molar-refractivity contribution is -0.143. The van der Waals surface area contributed by atoms with Gasteiger partial charge in [0.2, 0.25) is 53.2 Å². The molecule has 11 atom stereocenters. The third-order valence-electron chi connectivity index (χ3n) is 12.7. The Hall–Kier alpha value is -8.13. The Bertz CT molecular complexity index is 2600. The standard InChI is InChI=1S/C52H81N10O23P/c1-8-27(6)42(51(79)59-33(20-25(2)3)47(75)61-37(24-85-86(82,83)84)50(78)60-36(52(80)81)21-26(4)5)62-46(74)32(16-19-40(67)68)56-48(76)34(22-29-12-10-9-11-13-29)57-49(77)35(23-41(69)70)58-45(73)31(15-18-39(65)66)55-43(71)28(7)54-44(72)30(53)14-17-38(63)64/h9-13,25-28,30-37,42H,8,14-24,53H2,1-7H3,(H,54,72)(H,55,71)(H,56,76)(H,57,77)(H,58,73)(H,59,79)(H,60,78)(H,61,75)(H,62,74)(H,63,64)(H,65,66)(H,67,68)(H,69,70)(H,80,81)(H2,82,83,84)/t27-,28-,30-,31-,32-,33-,34-,35-,36-,37-,42-/m0/s1. The van der Waals surface area contributed by atoms with Crippen LogP contribution in [0.2, 0.25) is 0 Å². The molecular weight excluding hydrogens is 1160 g/mol. The number of carboxylic acids is 5. The Kier molecular flexibility index (Phi) is 32.9. The van der Waals surface area contributed by atoms with Gasteiger partial charge in [0.1, 0.15) is 54.4 Å². The van der Waals surface area contributed by atoms with E-state index in [9.17, 15) is 102 Å². The van der Waals surface area contributed by atoms with Gasteiger partial charge in [0.25, 0.3) is 0 Å². The number of aliphatic carboxylic acids is 5. The Morgan fingerprint density at radius 2 is 0.884 bits per heavy atom. The molecule has 18 N–H and O–H groups in total. The highest BCUT2D eigenvalue weighted by atomic mass is 31.2. The van der Waals surface area contributed by atoms with Crippen molar-refractivity contribution in [2.75, 3.05) is 6.61 Å². The third kappa shape index (κ3) is 30.1. The maximum Gasteiger partial charge on any atom is 0.469 e. The molecule has 0 fully saturated rings. The van der Waals surface area contributed by atoms with Crippen molar-refractivity contribution in [3.05, 3.63) is 35.9 Å². The van der Waals surface area contributed by atoms with Crippen LogP contribution in [-0.2, 0) is 82.6 Å². The first-order valence-corrected chi connectivity index (χ1v) is 28.8. The van der Waals surface area contributed by atoms with Gasteiger partial charge in [0, 0.05) is 25.7 Å². The summed E-state index contributed by atoms with van der Waals surface area (Å²) in [6, 6.07) is -9.24. The predicted molar refractivity (Wildman–Crippen MR) is 298 cm³/mol. The average Bonchev–Trinajstić information content (AvgIpc) is 3.25. The van der Waals surface area contributed by atoms with Crippen molar-refractivity contribution in [2.24, 2.45) is 23.5 Å². The van der Waals surface area contributed by atoms with E-state index in [-0.39, 0.29) is 31.6 Å². The highest BCUT2D eigenvalue weighted by Crippen LogP contribution is 2.35. The molecule has 33 nitrogen and oxygen atoms in total. The molecule has 482 valence electrons. The topological polar surface area (TPSA) is 541 Å². The lowest BCUT2D eigenvalue weighted by atomic mass is 9.96. The van der Waals surface area contributed by atoms with Crippen molar-refractivity contribution in [3.8, 4) is 0 Å². The maximum absolute atomic E-state index is 14.4. The molecular formula is C52H81N10O23P. The molecule has 0 aromatic heterocycles. The van der Waals surface area contributed by atoms with Crippen LogP contribution in [-0.4, -0.2) is 185 Å². The minimum atomic E-state index is -5.29. The number of hydrogen-bond donors (Lipinski definition) is 17. The summed E-state index contributed by atoms with van der Waals surface area (Å²) >= 11 is 0. The number of nitrogens with one attached hydrogen (secondary N) is 9. The van der Waals surface area contributed by atoms with Crippen LogP contribution in [0.3, 0.4) is 0 Å². The molecule has 34 heteroatoms. The second kappa shape index (κ2) is 37.3. The molecule has 1 aromatic rings. The van der Waals surface area contributed by atoms with Gasteiger partial charge in [0.15, 0.2) is 0 Å². The highest BCUT2D eigenvalue weighted by molar-refractivity contribution is 7.46. The minimum absolute atomic E-state index is 0.0885. The van der Waals surface area contributed by atoms with Gasteiger partial charge >= 0.3 is 37.7 Å². The number of carbonyl (C=O) groups is 14. The van der Waals surface area contributed by atoms with Crippen molar-refractivity contribution in [2.45, 2.75) is 180 Å². The van der Waals surface area contributed by atoms with Gasteiger partial charge < -0.3 is 88.9 Å². The Morgan fingerprint density at radius 1 is 0.477 bits per heavy atom. The predicted octanol–water partition coefficient (Wildman–Crippen LogP) is -2.66. The molecule has 0 spiro atoms. The van der Waals surface area contributed by atoms with E-state index >= 15 is 0 Å². The largest absolute Gasteiger partial charge is 0.481 e. The van der Waals surface area contributed by atoms with Gasteiger partial charge in [-0.05, 0) is 62.3 Å². The summed E-state index contributed by atoms with van der Waals surface area (Å²) in [5.41, 5.74) is 6.06. The third-order valence-corrected chi connectivity index (χ3v) is 13.2. The minimum Gasteiger partial charge on any atom is -0.481 e. The van der Waals surface area contributed by atoms with E-state index in [0.29, 0.717) is 5.56 Å². The number of rotatable bonds is 41. The second-order valence-corrected chi connectivity index (χ2v) is 22.3. The number of hydrogen-bond acceptors (Lipinski definition) is 17. The fourth-order valence-corrected chi connectivity index (χ4v) is 8.28. The molecule has 0 aliphatic rings. The van der Waals surface area contributed by atoms with Crippen LogP contribution >= 0.6 is 7.82 Å². The summed E-state index contributed by atoms with van der Waals surface area (Å²) in [5.74, 6) is -19.2. The van der Waals surface area contributed by atoms with E-state index < -0.39 is 215 Å². The normalized spacial score (nSPS) is 15.2. The van der Waals surface area contributed by atoms with E-state index in [1.165, 1.54) is 19.1 Å². The lowest BCUT2D eigenvalue weighted by Gasteiger charge is -2.30. The van der Waals surface area contributed by atoms with Gasteiger partial charge in [-0.1, -0.05) is 78.3 Å².